The Morgan fingerprint density at radius 2 is 2.03 bits per heavy atom. The number of sulfonamides is 1. The van der Waals surface area contributed by atoms with Crippen molar-refractivity contribution in [1.29, 1.82) is 0 Å². The highest BCUT2D eigenvalue weighted by molar-refractivity contribution is 7.90. The van der Waals surface area contributed by atoms with Gasteiger partial charge >= 0.3 is 6.03 Å². The Bertz CT molecular complexity index is 1040. The van der Waals surface area contributed by atoms with Crippen LogP contribution in [-0.4, -0.2) is 38.7 Å². The summed E-state index contributed by atoms with van der Waals surface area (Å²) in [5, 5.41) is 9.06. The average molecular weight is 481 g/mol. The van der Waals surface area contributed by atoms with Crippen LogP contribution in [0.1, 0.15) is 57.2 Å². The molecule has 174 valence electrons. The Kier molecular flexibility index (Phi) is 8.51. The minimum Gasteiger partial charge on any atom is -0.352 e. The second-order valence-electron chi connectivity index (χ2n) is 7.55. The molecule has 1 aliphatic rings. The van der Waals surface area contributed by atoms with Crippen LogP contribution in [0.25, 0.3) is 0 Å². The van der Waals surface area contributed by atoms with Crippen molar-refractivity contribution in [1.82, 2.24) is 20.7 Å². The number of thiocarbonyl (C=S) groups is 1. The van der Waals surface area contributed by atoms with Crippen LogP contribution in [0.3, 0.4) is 0 Å². The molecule has 32 heavy (non-hydrogen) atoms. The summed E-state index contributed by atoms with van der Waals surface area (Å²) in [7, 11) is -4.24. The molecule has 9 nitrogen and oxygen atoms in total. The standard InChI is InChI=1S/C21H28N4O5S2/c1-4-8-22-20(28)25-32(29,30)18-9-15(6-7-16(18)12-31)17(24-13-26)10-21(5-2)14(3)11-23-19(21)27/h6-7,9,11-13,17H,4-5,8,10H2,1-3H3,(H,23,27)(H,24,26)(H2,22,25,28). The molecule has 0 fully saturated rings. The van der Waals surface area contributed by atoms with E-state index in [9.17, 15) is 22.8 Å². The summed E-state index contributed by atoms with van der Waals surface area (Å²) >= 11 is 4.95. The summed E-state index contributed by atoms with van der Waals surface area (Å²) in [6, 6.07) is 3.02. The van der Waals surface area contributed by atoms with Gasteiger partial charge in [0.2, 0.25) is 12.3 Å². The van der Waals surface area contributed by atoms with Crippen LogP contribution >= 0.6 is 12.2 Å². The van der Waals surface area contributed by atoms with Gasteiger partial charge in [-0.2, -0.15) is 0 Å². The maximum Gasteiger partial charge on any atom is 0.328 e. The maximum atomic E-state index is 12.9. The monoisotopic (exact) mass is 480 g/mol. The van der Waals surface area contributed by atoms with Crippen molar-refractivity contribution >= 4 is 46.0 Å². The maximum absolute atomic E-state index is 12.9. The fourth-order valence-corrected chi connectivity index (χ4v) is 5.15. The Labute approximate surface area is 193 Å². The van der Waals surface area contributed by atoms with E-state index in [4.69, 9.17) is 12.2 Å². The largest absolute Gasteiger partial charge is 0.352 e. The number of carbonyl (C=O) groups excluding carboxylic acids is 3. The van der Waals surface area contributed by atoms with Crippen molar-refractivity contribution in [3.8, 4) is 0 Å². The summed E-state index contributed by atoms with van der Waals surface area (Å²) in [6.07, 6.45) is 3.54. The molecule has 0 saturated carbocycles. The van der Waals surface area contributed by atoms with E-state index in [1.807, 2.05) is 25.5 Å². The van der Waals surface area contributed by atoms with Gasteiger partial charge in [-0.1, -0.05) is 38.2 Å². The van der Waals surface area contributed by atoms with E-state index in [0.29, 0.717) is 31.4 Å². The van der Waals surface area contributed by atoms with Crippen molar-refractivity contribution in [2.45, 2.75) is 51.0 Å². The molecule has 4 amide bonds. The van der Waals surface area contributed by atoms with Gasteiger partial charge in [-0.25, -0.2) is 17.9 Å². The lowest BCUT2D eigenvalue weighted by atomic mass is 9.73. The number of carbonyl (C=O) groups is 3. The number of rotatable bonds is 11. The highest BCUT2D eigenvalue weighted by Crippen LogP contribution is 2.42. The molecule has 1 aromatic carbocycles. The van der Waals surface area contributed by atoms with Gasteiger partial charge < -0.3 is 16.0 Å². The van der Waals surface area contributed by atoms with Gasteiger partial charge in [0.05, 0.1) is 16.4 Å². The van der Waals surface area contributed by atoms with Gasteiger partial charge in [-0.15, -0.1) is 0 Å². The van der Waals surface area contributed by atoms with Crippen molar-refractivity contribution in [2.75, 3.05) is 6.54 Å². The molecule has 1 aromatic rings. The van der Waals surface area contributed by atoms with E-state index in [1.165, 1.54) is 17.5 Å². The lowest BCUT2D eigenvalue weighted by molar-refractivity contribution is -0.128. The number of hydrogen-bond donors (Lipinski definition) is 4. The second kappa shape index (κ2) is 10.7. The number of urea groups is 1. The Hall–Kier alpha value is -2.79. The third-order valence-corrected chi connectivity index (χ3v) is 7.29. The zero-order chi connectivity index (χ0) is 23.9. The Morgan fingerprint density at radius 3 is 2.56 bits per heavy atom. The molecular weight excluding hydrogens is 452 g/mol. The normalized spacial score (nSPS) is 18.8. The van der Waals surface area contributed by atoms with Gasteiger partial charge in [-0.05, 0) is 43.4 Å². The van der Waals surface area contributed by atoms with Crippen molar-refractivity contribution in [3.63, 3.8) is 0 Å². The van der Waals surface area contributed by atoms with E-state index in [2.05, 4.69) is 16.0 Å². The first kappa shape index (κ1) is 25.5. The summed E-state index contributed by atoms with van der Waals surface area (Å²) in [5.41, 5.74) is 0.692. The molecule has 1 heterocycles. The third-order valence-electron chi connectivity index (χ3n) is 5.65. The van der Waals surface area contributed by atoms with Crippen LogP contribution in [0.5, 0.6) is 0 Å². The minimum absolute atomic E-state index is 0.173. The lowest BCUT2D eigenvalue weighted by Crippen LogP contribution is -2.40. The SMILES string of the molecule is CCCNC(=O)NS(=O)(=O)c1cc(C(CC2(CC)C(=O)NC=C2C)NC=O)ccc1C=S. The first-order valence-corrected chi connectivity index (χ1v) is 12.2. The van der Waals surface area contributed by atoms with E-state index in [0.717, 1.165) is 5.57 Å². The number of nitrogens with one attached hydrogen (secondary N) is 4. The first-order valence-electron chi connectivity index (χ1n) is 10.2. The zero-order valence-electron chi connectivity index (χ0n) is 18.2. The van der Waals surface area contributed by atoms with Crippen LogP contribution in [0.15, 0.2) is 34.9 Å². The van der Waals surface area contributed by atoms with E-state index >= 15 is 0 Å². The fourth-order valence-electron chi connectivity index (χ4n) is 3.72. The Balaban J connectivity index is 2.46. The number of benzene rings is 1. The molecule has 1 aliphatic heterocycles. The van der Waals surface area contributed by atoms with E-state index in [-0.39, 0.29) is 22.8 Å². The number of amides is 4. The van der Waals surface area contributed by atoms with Crippen molar-refractivity contribution in [3.05, 3.63) is 41.1 Å². The first-order chi connectivity index (χ1) is 15.1. The van der Waals surface area contributed by atoms with Crippen molar-refractivity contribution in [2.24, 2.45) is 5.41 Å². The smallest absolute Gasteiger partial charge is 0.328 e. The van der Waals surface area contributed by atoms with E-state index in [1.54, 1.807) is 12.3 Å². The third kappa shape index (κ3) is 5.33. The molecule has 4 N–H and O–H groups in total. The number of hydrogen-bond acceptors (Lipinski definition) is 6. The van der Waals surface area contributed by atoms with Crippen LogP contribution in [0, 0.1) is 5.41 Å². The van der Waals surface area contributed by atoms with Crippen LogP contribution in [-0.2, 0) is 19.6 Å². The van der Waals surface area contributed by atoms with Crippen LogP contribution in [0.4, 0.5) is 4.79 Å². The fraction of sp³-hybridized carbons (Fsp3) is 0.429. The highest BCUT2D eigenvalue weighted by atomic mass is 32.2. The quantitative estimate of drug-likeness (QED) is 0.283. The molecule has 0 spiro atoms. The van der Waals surface area contributed by atoms with Gasteiger partial charge in [0.15, 0.2) is 0 Å². The molecule has 2 unspecified atom stereocenters. The molecule has 0 bridgehead atoms. The highest BCUT2D eigenvalue weighted by Gasteiger charge is 2.43. The predicted molar refractivity (Wildman–Crippen MR) is 124 cm³/mol. The molecule has 2 atom stereocenters. The average Bonchev–Trinajstić information content (AvgIpc) is 3.05. The minimum atomic E-state index is -4.24. The molecule has 0 aliphatic carbocycles. The molecule has 2 rings (SSSR count). The van der Waals surface area contributed by atoms with E-state index < -0.39 is 27.5 Å². The summed E-state index contributed by atoms with van der Waals surface area (Å²) in [5.74, 6) is -0.173. The predicted octanol–water partition coefficient (Wildman–Crippen LogP) is 2.04. The topological polar surface area (TPSA) is 133 Å². The lowest BCUT2D eigenvalue weighted by Gasteiger charge is -2.31. The molecule has 0 radical (unpaired) electrons. The summed E-state index contributed by atoms with van der Waals surface area (Å²) in [4.78, 5) is 35.7. The van der Waals surface area contributed by atoms with Crippen LogP contribution in [0.2, 0.25) is 0 Å². The van der Waals surface area contributed by atoms with Crippen molar-refractivity contribution < 1.29 is 22.8 Å². The summed E-state index contributed by atoms with van der Waals surface area (Å²) in [6.45, 7) is 5.88. The van der Waals surface area contributed by atoms with Gasteiger partial charge in [0.1, 0.15) is 0 Å². The van der Waals surface area contributed by atoms with Gasteiger partial charge in [0.25, 0.3) is 10.0 Å². The Morgan fingerprint density at radius 1 is 1.31 bits per heavy atom. The van der Waals surface area contributed by atoms with Gasteiger partial charge in [-0.3, -0.25) is 9.59 Å². The van der Waals surface area contributed by atoms with Gasteiger partial charge in [0, 0.05) is 23.7 Å². The molecule has 0 saturated heterocycles. The molecule has 0 aromatic heterocycles. The second-order valence-corrected chi connectivity index (χ2v) is 9.44. The zero-order valence-corrected chi connectivity index (χ0v) is 19.9. The molecule has 11 heteroatoms. The summed E-state index contributed by atoms with van der Waals surface area (Å²) < 4.78 is 27.7. The molecular formula is C21H28N4O5S2. The van der Waals surface area contributed by atoms with Crippen LogP contribution < -0.4 is 20.7 Å².